The first kappa shape index (κ1) is 9.65. The van der Waals surface area contributed by atoms with Crippen molar-refractivity contribution in [3.63, 3.8) is 0 Å². The number of fused-ring (bicyclic) bond motifs is 1. The third kappa shape index (κ3) is 1.54. The molecule has 0 saturated carbocycles. The van der Waals surface area contributed by atoms with E-state index in [1.807, 2.05) is 4.68 Å². The molecule has 1 aromatic heterocycles. The standard InChI is InChI=1S/C10H18N4/c1-8-5-14-9(11-7-12-14)6-13(8)10(2,3)4/h7-8H,5-6H2,1-4H3. The van der Waals surface area contributed by atoms with E-state index in [2.05, 4.69) is 42.7 Å². The van der Waals surface area contributed by atoms with E-state index in [1.165, 1.54) is 0 Å². The fourth-order valence-corrected chi connectivity index (χ4v) is 2.12. The van der Waals surface area contributed by atoms with E-state index in [9.17, 15) is 0 Å². The van der Waals surface area contributed by atoms with Gasteiger partial charge in [-0.3, -0.25) is 4.90 Å². The lowest BCUT2D eigenvalue weighted by Crippen LogP contribution is -2.51. The summed E-state index contributed by atoms with van der Waals surface area (Å²) in [5, 5.41) is 4.20. The Morgan fingerprint density at radius 3 is 2.79 bits per heavy atom. The van der Waals surface area contributed by atoms with Crippen molar-refractivity contribution in [1.29, 1.82) is 0 Å². The van der Waals surface area contributed by atoms with Crippen LogP contribution in [0.25, 0.3) is 0 Å². The predicted molar refractivity (Wildman–Crippen MR) is 54.8 cm³/mol. The van der Waals surface area contributed by atoms with E-state index < -0.39 is 0 Å². The Bertz CT molecular complexity index is 323. The summed E-state index contributed by atoms with van der Waals surface area (Å²) in [6, 6.07) is 0.532. The number of nitrogens with zero attached hydrogens (tertiary/aromatic N) is 4. The average molecular weight is 194 g/mol. The number of rotatable bonds is 0. The van der Waals surface area contributed by atoms with Crippen LogP contribution in [-0.4, -0.2) is 31.2 Å². The topological polar surface area (TPSA) is 34.0 Å². The van der Waals surface area contributed by atoms with E-state index in [1.54, 1.807) is 6.33 Å². The quantitative estimate of drug-likeness (QED) is 0.624. The molecule has 78 valence electrons. The minimum atomic E-state index is 0.205. The van der Waals surface area contributed by atoms with E-state index in [0.29, 0.717) is 6.04 Å². The van der Waals surface area contributed by atoms with Gasteiger partial charge in [0.1, 0.15) is 12.2 Å². The summed E-state index contributed by atoms with van der Waals surface area (Å²) in [5.41, 5.74) is 0.205. The summed E-state index contributed by atoms with van der Waals surface area (Å²) in [5.74, 6) is 1.08. The number of hydrogen-bond donors (Lipinski definition) is 0. The SMILES string of the molecule is CC1Cn2ncnc2CN1C(C)(C)C. The van der Waals surface area contributed by atoms with Gasteiger partial charge < -0.3 is 0 Å². The summed E-state index contributed by atoms with van der Waals surface area (Å²) in [6.07, 6.45) is 1.65. The Kier molecular flexibility index (Phi) is 2.10. The van der Waals surface area contributed by atoms with E-state index in [4.69, 9.17) is 0 Å². The maximum absolute atomic E-state index is 4.27. The second-order valence-corrected chi connectivity index (χ2v) is 5.01. The Morgan fingerprint density at radius 2 is 2.14 bits per heavy atom. The Morgan fingerprint density at radius 1 is 1.43 bits per heavy atom. The molecule has 0 aromatic carbocycles. The predicted octanol–water partition coefficient (Wildman–Crippen LogP) is 1.28. The van der Waals surface area contributed by atoms with Crippen molar-refractivity contribution >= 4 is 0 Å². The first-order valence-electron chi connectivity index (χ1n) is 5.12. The molecule has 1 aliphatic heterocycles. The van der Waals surface area contributed by atoms with Gasteiger partial charge in [0.25, 0.3) is 0 Å². The van der Waals surface area contributed by atoms with Crippen molar-refractivity contribution in [2.45, 2.75) is 52.4 Å². The molecule has 2 heterocycles. The molecule has 0 radical (unpaired) electrons. The van der Waals surface area contributed by atoms with Crippen molar-refractivity contribution in [3.8, 4) is 0 Å². The molecule has 0 fully saturated rings. The normalized spacial score (nSPS) is 23.6. The molecular formula is C10H18N4. The molecule has 2 rings (SSSR count). The third-order valence-electron chi connectivity index (χ3n) is 2.84. The van der Waals surface area contributed by atoms with Crippen molar-refractivity contribution < 1.29 is 0 Å². The largest absolute Gasteiger partial charge is 0.287 e. The molecule has 0 N–H and O–H groups in total. The van der Waals surface area contributed by atoms with E-state index >= 15 is 0 Å². The zero-order chi connectivity index (χ0) is 10.3. The molecule has 1 unspecified atom stereocenters. The number of aromatic nitrogens is 3. The number of hydrogen-bond acceptors (Lipinski definition) is 3. The van der Waals surface area contributed by atoms with Gasteiger partial charge in [0.2, 0.25) is 0 Å². The maximum atomic E-state index is 4.27. The van der Waals surface area contributed by atoms with Crippen LogP contribution >= 0.6 is 0 Å². The van der Waals surface area contributed by atoms with Crippen LogP contribution in [0.15, 0.2) is 6.33 Å². The van der Waals surface area contributed by atoms with Crippen molar-refractivity contribution in [2.24, 2.45) is 0 Å². The molecule has 1 atom stereocenters. The van der Waals surface area contributed by atoms with Crippen LogP contribution in [0.2, 0.25) is 0 Å². The average Bonchev–Trinajstić information content (AvgIpc) is 2.47. The second kappa shape index (κ2) is 3.05. The van der Waals surface area contributed by atoms with E-state index in [-0.39, 0.29) is 5.54 Å². The monoisotopic (exact) mass is 194 g/mol. The summed E-state index contributed by atoms with van der Waals surface area (Å²) in [7, 11) is 0. The highest BCUT2D eigenvalue weighted by atomic mass is 15.4. The maximum Gasteiger partial charge on any atom is 0.141 e. The molecule has 0 saturated heterocycles. The fraction of sp³-hybridized carbons (Fsp3) is 0.800. The third-order valence-corrected chi connectivity index (χ3v) is 2.84. The zero-order valence-corrected chi connectivity index (χ0v) is 9.36. The molecule has 4 heteroatoms. The smallest absolute Gasteiger partial charge is 0.141 e. The zero-order valence-electron chi connectivity index (χ0n) is 9.36. The Labute approximate surface area is 84.9 Å². The van der Waals surface area contributed by atoms with Crippen LogP contribution in [0.4, 0.5) is 0 Å². The summed E-state index contributed by atoms with van der Waals surface area (Å²) >= 11 is 0. The fourth-order valence-electron chi connectivity index (χ4n) is 2.12. The van der Waals surface area contributed by atoms with E-state index in [0.717, 1.165) is 18.9 Å². The van der Waals surface area contributed by atoms with Crippen LogP contribution in [0, 0.1) is 0 Å². The molecule has 0 spiro atoms. The van der Waals surface area contributed by atoms with Gasteiger partial charge in [-0.1, -0.05) is 0 Å². The highest BCUT2D eigenvalue weighted by Crippen LogP contribution is 2.23. The van der Waals surface area contributed by atoms with Gasteiger partial charge in [0, 0.05) is 11.6 Å². The van der Waals surface area contributed by atoms with Crippen LogP contribution in [-0.2, 0) is 13.1 Å². The van der Waals surface area contributed by atoms with Crippen molar-refractivity contribution in [3.05, 3.63) is 12.2 Å². The molecule has 1 aliphatic rings. The minimum Gasteiger partial charge on any atom is -0.287 e. The molecule has 4 nitrogen and oxygen atoms in total. The van der Waals surface area contributed by atoms with Gasteiger partial charge >= 0.3 is 0 Å². The molecule has 0 bridgehead atoms. The lowest BCUT2D eigenvalue weighted by Gasteiger charge is -2.42. The van der Waals surface area contributed by atoms with Crippen molar-refractivity contribution in [1.82, 2.24) is 19.7 Å². The Balaban J connectivity index is 2.26. The lowest BCUT2D eigenvalue weighted by molar-refractivity contribution is 0.0470. The summed E-state index contributed by atoms with van der Waals surface area (Å²) in [4.78, 5) is 6.73. The Hall–Kier alpha value is -0.900. The van der Waals surface area contributed by atoms with Crippen LogP contribution in [0.1, 0.15) is 33.5 Å². The first-order chi connectivity index (χ1) is 6.48. The van der Waals surface area contributed by atoms with Gasteiger partial charge in [-0.25, -0.2) is 9.67 Å². The van der Waals surface area contributed by atoms with Crippen LogP contribution in [0.3, 0.4) is 0 Å². The van der Waals surface area contributed by atoms with Crippen LogP contribution < -0.4 is 0 Å². The second-order valence-electron chi connectivity index (χ2n) is 5.01. The summed E-state index contributed by atoms with van der Waals surface area (Å²) in [6.45, 7) is 10.8. The van der Waals surface area contributed by atoms with Crippen LogP contribution in [0.5, 0.6) is 0 Å². The lowest BCUT2D eigenvalue weighted by atomic mass is 10.0. The molecular weight excluding hydrogens is 176 g/mol. The molecule has 1 aromatic rings. The molecule has 14 heavy (non-hydrogen) atoms. The molecule has 0 amide bonds. The highest BCUT2D eigenvalue weighted by Gasteiger charge is 2.31. The minimum absolute atomic E-state index is 0.205. The van der Waals surface area contributed by atoms with Gasteiger partial charge in [-0.2, -0.15) is 5.10 Å². The molecule has 0 aliphatic carbocycles. The highest BCUT2D eigenvalue weighted by molar-refractivity contribution is 4.95. The van der Waals surface area contributed by atoms with Gasteiger partial charge in [-0.15, -0.1) is 0 Å². The van der Waals surface area contributed by atoms with Gasteiger partial charge in [0.05, 0.1) is 13.1 Å². The van der Waals surface area contributed by atoms with Crippen molar-refractivity contribution in [2.75, 3.05) is 0 Å². The van der Waals surface area contributed by atoms with Gasteiger partial charge in [0.15, 0.2) is 0 Å². The summed E-state index contributed by atoms with van der Waals surface area (Å²) < 4.78 is 2.01. The van der Waals surface area contributed by atoms with Gasteiger partial charge in [-0.05, 0) is 27.7 Å². The first-order valence-corrected chi connectivity index (χ1v) is 5.12.